The predicted octanol–water partition coefficient (Wildman–Crippen LogP) is 7.22. The molecule has 1 aliphatic rings. The zero-order chi connectivity index (χ0) is 39.3. The smallest absolute Gasteiger partial charge is 0.216 e. The number of nitrogens with zero attached hydrogens (tertiary/aromatic N) is 5. The second kappa shape index (κ2) is 20.5. The van der Waals surface area contributed by atoms with Crippen molar-refractivity contribution in [3.05, 3.63) is 134 Å². The molecule has 0 saturated carbocycles. The van der Waals surface area contributed by atoms with E-state index in [4.69, 9.17) is 30.8 Å². The van der Waals surface area contributed by atoms with Gasteiger partial charge in [0.05, 0.1) is 45.4 Å². The molecule has 4 heterocycles. The topological polar surface area (TPSA) is 117 Å². The first-order valence-corrected chi connectivity index (χ1v) is 20.1. The van der Waals surface area contributed by atoms with Crippen LogP contribution in [0.1, 0.15) is 51.3 Å². The van der Waals surface area contributed by atoms with Gasteiger partial charge in [-0.2, -0.15) is 0 Å². The van der Waals surface area contributed by atoms with Crippen molar-refractivity contribution in [2.75, 3.05) is 52.7 Å². The van der Waals surface area contributed by atoms with E-state index in [1.807, 2.05) is 37.3 Å². The lowest BCUT2D eigenvalue weighted by Gasteiger charge is -2.09. The second-order valence-electron chi connectivity index (χ2n) is 13.4. The summed E-state index contributed by atoms with van der Waals surface area (Å²) in [5.41, 5.74) is 8.37. The number of hydrogen-bond donors (Lipinski definition) is 2. The average molecular weight is 796 g/mol. The van der Waals surface area contributed by atoms with E-state index in [2.05, 4.69) is 98.5 Å². The molecule has 294 valence electrons. The van der Waals surface area contributed by atoms with Gasteiger partial charge in [0, 0.05) is 71.2 Å². The number of aromatic nitrogens is 4. The van der Waals surface area contributed by atoms with Gasteiger partial charge in [0.2, 0.25) is 5.91 Å². The van der Waals surface area contributed by atoms with Crippen molar-refractivity contribution < 1.29 is 19.0 Å². The van der Waals surface area contributed by atoms with Gasteiger partial charge in [0.1, 0.15) is 17.4 Å². The first kappa shape index (κ1) is 41.0. The lowest BCUT2D eigenvalue weighted by Crippen LogP contribution is -2.25. The molecule has 0 spiro atoms. The Kier molecular flexibility index (Phi) is 15.0. The number of rotatable bonds is 17. The number of hydrogen-bond acceptors (Lipinski definition) is 9. The monoisotopic (exact) mass is 795 g/mol. The van der Waals surface area contributed by atoms with E-state index in [1.165, 1.54) is 45.0 Å². The number of fused-ring (bicyclic) bond motifs is 4. The van der Waals surface area contributed by atoms with Gasteiger partial charge in [-0.3, -0.25) is 14.4 Å². The van der Waals surface area contributed by atoms with Crippen LogP contribution in [0.15, 0.2) is 90.1 Å². The number of carbonyl (C=O) groups is 1. The van der Waals surface area contributed by atoms with Crippen LogP contribution in [0, 0.1) is 20.8 Å². The highest BCUT2D eigenvalue weighted by Crippen LogP contribution is 2.36. The quantitative estimate of drug-likeness (QED) is 0.0937. The standard InChI is InChI=1S/C26H35N3O4.C17H15ClN4S/c1-22(30)28-12-15-32-17-19-33-18-16-31-14-11-27-20-24-8-5-9-26-25(24)10-13-29(26)21-23-6-3-2-4-7-23;1-9-10(2)23-17-15(9)16(12-4-6-13(18)7-5-12)19-8-14-21-20-11(3)22(14)17/h2-10,13,27H,11-12,14-21H2,1H3,(H,28,30);4-7H,8H2,1-3H3. The molecule has 3 aromatic heterocycles. The van der Waals surface area contributed by atoms with Gasteiger partial charge < -0.3 is 29.4 Å². The molecule has 1 aliphatic heterocycles. The van der Waals surface area contributed by atoms with Crippen molar-refractivity contribution >= 4 is 45.5 Å². The van der Waals surface area contributed by atoms with Crippen LogP contribution in [-0.2, 0) is 38.6 Å². The minimum Gasteiger partial charge on any atom is -0.378 e. The molecule has 3 aromatic carbocycles. The van der Waals surface area contributed by atoms with Gasteiger partial charge in [-0.15, -0.1) is 21.5 Å². The zero-order valence-electron chi connectivity index (χ0n) is 32.5. The Morgan fingerprint density at radius 1 is 0.839 bits per heavy atom. The Hall–Kier alpha value is -4.69. The summed E-state index contributed by atoms with van der Waals surface area (Å²) in [6, 6.07) is 27.1. The Bertz CT molecular complexity index is 2210. The number of nitrogens with one attached hydrogen (secondary N) is 2. The molecule has 0 unspecified atom stereocenters. The summed E-state index contributed by atoms with van der Waals surface area (Å²) < 4.78 is 20.9. The fourth-order valence-electron chi connectivity index (χ4n) is 6.46. The summed E-state index contributed by atoms with van der Waals surface area (Å²) in [5, 5.41) is 17.8. The maximum atomic E-state index is 10.7. The molecular formula is C43H50ClN7O4S. The van der Waals surface area contributed by atoms with Gasteiger partial charge in [-0.1, -0.05) is 66.2 Å². The van der Waals surface area contributed by atoms with Crippen molar-refractivity contribution in [1.29, 1.82) is 0 Å². The molecule has 0 aliphatic carbocycles. The molecule has 2 N–H and O–H groups in total. The molecule has 1 amide bonds. The highest BCUT2D eigenvalue weighted by atomic mass is 35.5. The van der Waals surface area contributed by atoms with Crippen molar-refractivity contribution in [3.8, 4) is 5.00 Å². The number of thiophene rings is 1. The third kappa shape index (κ3) is 10.8. The Labute approximate surface area is 337 Å². The van der Waals surface area contributed by atoms with Gasteiger partial charge in [-0.05, 0) is 61.7 Å². The third-order valence-corrected chi connectivity index (χ3v) is 10.8. The molecule has 0 fully saturated rings. The number of carbonyl (C=O) groups excluding carboxylic acids is 1. The van der Waals surface area contributed by atoms with E-state index in [0.717, 1.165) is 52.6 Å². The number of aryl methyl sites for hydroxylation is 2. The van der Waals surface area contributed by atoms with Crippen molar-refractivity contribution in [3.63, 3.8) is 0 Å². The first-order valence-electron chi connectivity index (χ1n) is 18.9. The molecule has 56 heavy (non-hydrogen) atoms. The van der Waals surface area contributed by atoms with Gasteiger partial charge >= 0.3 is 0 Å². The van der Waals surface area contributed by atoms with E-state index < -0.39 is 0 Å². The van der Waals surface area contributed by atoms with E-state index in [9.17, 15) is 4.79 Å². The molecule has 0 saturated heterocycles. The third-order valence-electron chi connectivity index (χ3n) is 9.40. The Morgan fingerprint density at radius 2 is 1.55 bits per heavy atom. The Balaban J connectivity index is 0.000000201. The van der Waals surface area contributed by atoms with E-state index in [-0.39, 0.29) is 5.91 Å². The van der Waals surface area contributed by atoms with Crippen molar-refractivity contribution in [2.24, 2.45) is 4.99 Å². The van der Waals surface area contributed by atoms with Gasteiger partial charge in [0.15, 0.2) is 5.82 Å². The normalized spacial score (nSPS) is 12.1. The molecular weight excluding hydrogens is 746 g/mol. The number of ether oxygens (including phenoxy) is 3. The van der Waals surface area contributed by atoms with Crippen LogP contribution in [0.3, 0.4) is 0 Å². The van der Waals surface area contributed by atoms with Crippen LogP contribution in [-0.4, -0.2) is 83.7 Å². The van der Waals surface area contributed by atoms with E-state index in [1.54, 1.807) is 11.3 Å². The molecule has 6 aromatic rings. The number of halogens is 1. The van der Waals surface area contributed by atoms with Crippen LogP contribution in [0.2, 0.25) is 5.02 Å². The van der Waals surface area contributed by atoms with Gasteiger partial charge in [-0.25, -0.2) is 0 Å². The van der Waals surface area contributed by atoms with Crippen molar-refractivity contribution in [1.82, 2.24) is 30.0 Å². The number of amides is 1. The predicted molar refractivity (Wildman–Crippen MR) is 225 cm³/mol. The maximum Gasteiger partial charge on any atom is 0.216 e. The van der Waals surface area contributed by atoms with Crippen LogP contribution in [0.25, 0.3) is 15.9 Å². The largest absolute Gasteiger partial charge is 0.378 e. The van der Waals surface area contributed by atoms with E-state index in [0.29, 0.717) is 52.7 Å². The van der Waals surface area contributed by atoms with Crippen LogP contribution in [0.4, 0.5) is 0 Å². The van der Waals surface area contributed by atoms with E-state index >= 15 is 0 Å². The SMILES string of the molecule is CC(=O)NCCOCCOCCOCCNCc1cccc2c1ccn2Cc1ccccc1.Cc1sc2c(c1C)C(c1ccc(Cl)cc1)=NCc1nnc(C)n1-2. The fourth-order valence-corrected chi connectivity index (χ4v) is 7.81. The summed E-state index contributed by atoms with van der Waals surface area (Å²) in [4.78, 5) is 16.9. The summed E-state index contributed by atoms with van der Waals surface area (Å²) in [7, 11) is 0. The molecule has 13 heteroatoms. The minimum absolute atomic E-state index is 0.0449. The number of aliphatic imine (C=N–C) groups is 1. The first-order chi connectivity index (χ1) is 27.3. The average Bonchev–Trinajstić information content (AvgIpc) is 3.83. The van der Waals surface area contributed by atoms with Gasteiger partial charge in [0.25, 0.3) is 0 Å². The second-order valence-corrected chi connectivity index (χ2v) is 15.0. The molecule has 0 atom stereocenters. The fraction of sp³-hybridized carbons (Fsp3) is 0.349. The molecule has 0 radical (unpaired) electrons. The van der Waals surface area contributed by atoms with Crippen LogP contribution in [0.5, 0.6) is 0 Å². The van der Waals surface area contributed by atoms with Crippen molar-refractivity contribution in [2.45, 2.75) is 47.3 Å². The lowest BCUT2D eigenvalue weighted by atomic mass is 10.00. The summed E-state index contributed by atoms with van der Waals surface area (Å²) in [6.45, 7) is 14.6. The molecule has 7 rings (SSSR count). The number of benzene rings is 3. The molecule has 11 nitrogen and oxygen atoms in total. The Morgan fingerprint density at radius 3 is 2.29 bits per heavy atom. The molecule has 0 bridgehead atoms. The maximum absolute atomic E-state index is 10.7. The zero-order valence-corrected chi connectivity index (χ0v) is 34.1. The summed E-state index contributed by atoms with van der Waals surface area (Å²) in [6.07, 6.45) is 2.17. The highest BCUT2D eigenvalue weighted by Gasteiger charge is 2.26. The minimum atomic E-state index is -0.0449. The van der Waals surface area contributed by atoms with Crippen LogP contribution >= 0.6 is 22.9 Å². The summed E-state index contributed by atoms with van der Waals surface area (Å²) in [5.74, 6) is 1.74. The lowest BCUT2D eigenvalue weighted by molar-refractivity contribution is -0.119. The highest BCUT2D eigenvalue weighted by molar-refractivity contribution is 7.15. The van der Waals surface area contributed by atoms with Crippen LogP contribution < -0.4 is 10.6 Å². The summed E-state index contributed by atoms with van der Waals surface area (Å²) >= 11 is 7.80.